The van der Waals surface area contributed by atoms with Crippen molar-refractivity contribution in [2.24, 2.45) is 5.73 Å². The fourth-order valence-corrected chi connectivity index (χ4v) is 4.02. The van der Waals surface area contributed by atoms with Gasteiger partial charge in [0.05, 0.1) is 30.6 Å². The summed E-state index contributed by atoms with van der Waals surface area (Å²) in [6.07, 6.45) is 3.40. The molecule has 1 aromatic carbocycles. The third-order valence-corrected chi connectivity index (χ3v) is 6.04. The molecule has 12 nitrogen and oxygen atoms in total. The van der Waals surface area contributed by atoms with Crippen molar-refractivity contribution < 1.29 is 19.1 Å². The molecule has 0 saturated carbocycles. The molecule has 2 aliphatic heterocycles. The lowest BCUT2D eigenvalue weighted by Crippen LogP contribution is -2.52. The second-order valence-electron chi connectivity index (χ2n) is 8.48. The highest BCUT2D eigenvalue weighted by Crippen LogP contribution is 2.21. The molecule has 2 aliphatic rings. The van der Waals surface area contributed by atoms with Crippen LogP contribution in [0.15, 0.2) is 36.7 Å². The molecular weight excluding hydrogens is 452 g/mol. The maximum atomic E-state index is 12.9. The third-order valence-electron chi connectivity index (χ3n) is 6.04. The molecule has 35 heavy (non-hydrogen) atoms. The topological polar surface area (TPSA) is 150 Å². The van der Waals surface area contributed by atoms with Gasteiger partial charge in [-0.2, -0.15) is 0 Å². The zero-order valence-corrected chi connectivity index (χ0v) is 19.6. The van der Waals surface area contributed by atoms with Crippen LogP contribution in [0.2, 0.25) is 0 Å². The highest BCUT2D eigenvalue weighted by atomic mass is 16.5. The molecule has 186 valence electrons. The van der Waals surface area contributed by atoms with Crippen molar-refractivity contribution in [2.45, 2.75) is 19.1 Å². The number of rotatable bonds is 7. The van der Waals surface area contributed by atoms with E-state index in [0.29, 0.717) is 32.1 Å². The monoisotopic (exact) mass is 482 g/mol. The molecule has 0 spiro atoms. The fourth-order valence-electron chi connectivity index (χ4n) is 4.02. The molecule has 0 radical (unpaired) electrons. The van der Waals surface area contributed by atoms with Gasteiger partial charge in [-0.25, -0.2) is 14.8 Å². The summed E-state index contributed by atoms with van der Waals surface area (Å²) < 4.78 is 10.3. The number of nitrogens with zero attached hydrogens (tertiary/aromatic N) is 5. The molecule has 2 aromatic rings. The number of benzene rings is 1. The number of nitrogens with two attached hydrogens (primary N) is 1. The van der Waals surface area contributed by atoms with Crippen LogP contribution in [0.1, 0.15) is 11.1 Å². The molecule has 0 aliphatic carbocycles. The number of guanidine groups is 1. The average Bonchev–Trinajstić information content (AvgIpc) is 2.82. The Labute approximate surface area is 203 Å². The number of piperazine rings is 1. The van der Waals surface area contributed by atoms with Gasteiger partial charge >= 0.3 is 6.09 Å². The minimum atomic E-state index is -0.794. The first kappa shape index (κ1) is 24.2. The molecule has 2 amide bonds. The molecule has 2 saturated heterocycles. The Bertz CT molecular complexity index is 1050. The first-order valence-corrected chi connectivity index (χ1v) is 11.4. The second-order valence-corrected chi connectivity index (χ2v) is 8.48. The van der Waals surface area contributed by atoms with Gasteiger partial charge < -0.3 is 29.9 Å². The summed E-state index contributed by atoms with van der Waals surface area (Å²) in [7, 11) is 1.71. The summed E-state index contributed by atoms with van der Waals surface area (Å²) in [4.78, 5) is 39.4. The molecule has 12 heteroatoms. The van der Waals surface area contributed by atoms with Gasteiger partial charge in [0.15, 0.2) is 5.96 Å². The van der Waals surface area contributed by atoms with Gasteiger partial charge in [-0.15, -0.1) is 0 Å². The number of ether oxygens (including phenoxy) is 2. The van der Waals surface area contributed by atoms with Gasteiger partial charge in [0, 0.05) is 46.4 Å². The van der Waals surface area contributed by atoms with Crippen LogP contribution in [-0.4, -0.2) is 85.3 Å². The number of nitrogens with one attached hydrogen (secondary N) is 2. The van der Waals surface area contributed by atoms with Crippen LogP contribution in [0.5, 0.6) is 0 Å². The van der Waals surface area contributed by atoms with Crippen LogP contribution in [0, 0.1) is 5.41 Å². The normalized spacial score (nSPS) is 16.0. The minimum absolute atomic E-state index is 0.0192. The van der Waals surface area contributed by atoms with E-state index < -0.39 is 12.1 Å². The number of carbonyl (C=O) groups is 2. The highest BCUT2D eigenvalue weighted by Gasteiger charge is 2.28. The van der Waals surface area contributed by atoms with E-state index in [9.17, 15) is 9.59 Å². The molecule has 4 N–H and O–H groups in total. The Morgan fingerprint density at radius 2 is 1.80 bits per heavy atom. The van der Waals surface area contributed by atoms with Crippen molar-refractivity contribution in [3.8, 4) is 0 Å². The number of hydrogen-bond acceptors (Lipinski definition) is 9. The first-order valence-electron chi connectivity index (χ1n) is 11.4. The van der Waals surface area contributed by atoms with E-state index in [-0.39, 0.29) is 25.0 Å². The maximum Gasteiger partial charge on any atom is 0.414 e. The molecule has 0 bridgehead atoms. The summed E-state index contributed by atoms with van der Waals surface area (Å²) in [5.41, 5.74) is 7.64. The molecule has 3 heterocycles. The summed E-state index contributed by atoms with van der Waals surface area (Å²) in [5.74, 6) is 0.281. The Balaban J connectivity index is 1.23. The smallest absolute Gasteiger partial charge is 0.414 e. The lowest BCUT2D eigenvalue weighted by molar-refractivity contribution is -0.130. The number of anilines is 2. The van der Waals surface area contributed by atoms with E-state index in [0.717, 1.165) is 29.9 Å². The van der Waals surface area contributed by atoms with Gasteiger partial charge in [0.1, 0.15) is 6.61 Å². The van der Waals surface area contributed by atoms with Crippen LogP contribution in [0.25, 0.3) is 0 Å². The number of methoxy groups -OCH3 is 1. The Morgan fingerprint density at radius 3 is 2.46 bits per heavy atom. The van der Waals surface area contributed by atoms with Crippen molar-refractivity contribution in [1.29, 1.82) is 5.41 Å². The largest absolute Gasteiger partial charge is 0.444 e. The fraction of sp³-hybridized carbons (Fsp3) is 0.435. The van der Waals surface area contributed by atoms with E-state index in [2.05, 4.69) is 25.1 Å². The first-order chi connectivity index (χ1) is 16.9. The Morgan fingerprint density at radius 1 is 1.11 bits per heavy atom. The summed E-state index contributed by atoms with van der Waals surface area (Å²) in [5, 5.41) is 9.09. The lowest BCUT2D eigenvalue weighted by Gasteiger charge is -2.38. The quantitative estimate of drug-likeness (QED) is 0.374. The van der Waals surface area contributed by atoms with Crippen molar-refractivity contribution in [3.63, 3.8) is 0 Å². The van der Waals surface area contributed by atoms with Crippen molar-refractivity contribution in [1.82, 2.24) is 20.2 Å². The third kappa shape index (κ3) is 6.35. The van der Waals surface area contributed by atoms with Gasteiger partial charge in [-0.3, -0.25) is 15.5 Å². The van der Waals surface area contributed by atoms with Crippen LogP contribution in [-0.2, 0) is 27.3 Å². The van der Waals surface area contributed by atoms with E-state index in [4.69, 9.17) is 20.6 Å². The SMILES string of the molecule is COC1CN(c2ncc(N3CCN(C(=O)Cc4cccc(COC(=O)NC(=N)N)c4)CC3)cn2)C1. The predicted octanol–water partition coefficient (Wildman–Crippen LogP) is 0.323. The lowest BCUT2D eigenvalue weighted by atomic mass is 10.1. The Kier molecular flexibility index (Phi) is 7.60. The van der Waals surface area contributed by atoms with Gasteiger partial charge in [-0.1, -0.05) is 24.3 Å². The summed E-state index contributed by atoms with van der Waals surface area (Å²) >= 11 is 0. The van der Waals surface area contributed by atoms with Crippen LogP contribution >= 0.6 is 0 Å². The molecule has 2 fully saturated rings. The van der Waals surface area contributed by atoms with E-state index in [1.165, 1.54) is 0 Å². The minimum Gasteiger partial charge on any atom is -0.444 e. The number of carbonyl (C=O) groups excluding carboxylic acids is 2. The van der Waals surface area contributed by atoms with Crippen molar-refractivity contribution in [3.05, 3.63) is 47.8 Å². The number of hydrogen-bond donors (Lipinski definition) is 3. The van der Waals surface area contributed by atoms with Crippen LogP contribution < -0.4 is 20.9 Å². The standard InChI is InChI=1S/C23H30N8O4/c1-34-19-13-31(14-19)22-26-11-18(12-27-22)29-5-7-30(8-6-29)20(32)10-16-3-2-4-17(9-16)15-35-23(33)28-21(24)25/h2-4,9,11-12,19H,5-8,10,13-15H2,1H3,(H4,24,25,28,33). The Hall–Kier alpha value is -3.93. The predicted molar refractivity (Wildman–Crippen MR) is 129 cm³/mol. The molecule has 1 aromatic heterocycles. The molecular formula is C23H30N8O4. The zero-order valence-electron chi connectivity index (χ0n) is 19.6. The molecule has 0 atom stereocenters. The second kappa shape index (κ2) is 11.0. The zero-order chi connectivity index (χ0) is 24.8. The summed E-state index contributed by atoms with van der Waals surface area (Å²) in [6.45, 7) is 4.30. The molecule has 0 unspecified atom stereocenters. The van der Waals surface area contributed by atoms with Gasteiger partial charge in [0.25, 0.3) is 0 Å². The van der Waals surface area contributed by atoms with Crippen molar-refractivity contribution in [2.75, 3.05) is 56.2 Å². The van der Waals surface area contributed by atoms with E-state index in [1.807, 2.05) is 35.5 Å². The number of amides is 2. The van der Waals surface area contributed by atoms with Gasteiger partial charge in [0.2, 0.25) is 11.9 Å². The van der Waals surface area contributed by atoms with Crippen LogP contribution in [0.3, 0.4) is 0 Å². The van der Waals surface area contributed by atoms with E-state index in [1.54, 1.807) is 13.2 Å². The summed E-state index contributed by atoms with van der Waals surface area (Å²) in [6, 6.07) is 7.33. The van der Waals surface area contributed by atoms with Crippen LogP contribution in [0.4, 0.5) is 16.4 Å². The van der Waals surface area contributed by atoms with E-state index >= 15 is 0 Å². The maximum absolute atomic E-state index is 12.9. The van der Waals surface area contributed by atoms with Crippen molar-refractivity contribution >= 4 is 29.6 Å². The number of aromatic nitrogens is 2. The van der Waals surface area contributed by atoms with Gasteiger partial charge in [-0.05, 0) is 11.1 Å². The highest BCUT2D eigenvalue weighted by molar-refractivity contribution is 5.90. The molecule has 4 rings (SSSR count). The number of alkyl carbamates (subject to hydrolysis) is 1. The average molecular weight is 483 g/mol.